The molecular weight excluding hydrogens is 320 g/mol. The van der Waals surface area contributed by atoms with E-state index >= 15 is 0 Å². The summed E-state index contributed by atoms with van der Waals surface area (Å²) in [5.41, 5.74) is 1.27. The molecule has 2 N–H and O–H groups in total. The second kappa shape index (κ2) is 5.65. The highest BCUT2D eigenvalue weighted by molar-refractivity contribution is 5.96. The van der Waals surface area contributed by atoms with Gasteiger partial charge in [-0.15, -0.1) is 0 Å². The second-order valence-corrected chi connectivity index (χ2v) is 6.96. The Labute approximate surface area is 145 Å². The number of H-pyrrole nitrogens is 1. The molecule has 0 radical (unpaired) electrons. The van der Waals surface area contributed by atoms with Gasteiger partial charge in [0.05, 0.1) is 17.6 Å². The summed E-state index contributed by atoms with van der Waals surface area (Å²) in [6, 6.07) is 9.29. The number of carboxylic acids is 1. The molecule has 1 amide bonds. The maximum Gasteiger partial charge on any atom is 0.312 e. The third-order valence-corrected chi connectivity index (χ3v) is 5.51. The third kappa shape index (κ3) is 2.40. The monoisotopic (exact) mass is 340 g/mol. The number of aromatic nitrogens is 1. The standard InChI is InChI=1S/C19H20N2O4/c1-12-15(6-7-20-12)17(22)21-9-14-10-25-16-5-3-2-4-13(16)8-19(14,11-21)18(23)24/h2-7,14,20H,8-11H2,1H3,(H,23,24)/t14-,19+/m0/s1. The number of rotatable bonds is 2. The molecule has 2 atom stereocenters. The number of aliphatic carboxylic acids is 1. The third-order valence-electron chi connectivity index (χ3n) is 5.51. The molecule has 2 aromatic rings. The fraction of sp³-hybridized carbons (Fsp3) is 0.368. The molecule has 6 heteroatoms. The minimum absolute atomic E-state index is 0.124. The summed E-state index contributed by atoms with van der Waals surface area (Å²) in [5, 5.41) is 10.0. The number of hydrogen-bond acceptors (Lipinski definition) is 3. The first-order valence-corrected chi connectivity index (χ1v) is 8.38. The Balaban J connectivity index is 1.68. The van der Waals surface area contributed by atoms with E-state index in [1.165, 1.54) is 0 Å². The van der Waals surface area contributed by atoms with Gasteiger partial charge in [0.1, 0.15) is 5.75 Å². The molecule has 3 heterocycles. The Kier molecular flexibility index (Phi) is 3.56. The van der Waals surface area contributed by atoms with Crippen LogP contribution in [0.25, 0.3) is 0 Å². The average Bonchev–Trinajstić information content (AvgIpc) is 3.14. The summed E-state index contributed by atoms with van der Waals surface area (Å²) in [4.78, 5) is 29.7. The number of likely N-dealkylation sites (tertiary alicyclic amines) is 1. The molecule has 0 spiro atoms. The van der Waals surface area contributed by atoms with Crippen LogP contribution in [-0.4, -0.2) is 46.6 Å². The molecule has 1 fully saturated rings. The summed E-state index contributed by atoms with van der Waals surface area (Å²) in [7, 11) is 0. The minimum Gasteiger partial charge on any atom is -0.493 e. The molecule has 0 bridgehead atoms. The van der Waals surface area contributed by atoms with Crippen LogP contribution in [0.5, 0.6) is 5.75 Å². The molecule has 0 saturated carbocycles. The number of carbonyl (C=O) groups excluding carboxylic acids is 1. The highest BCUT2D eigenvalue weighted by Gasteiger charge is 2.55. The van der Waals surface area contributed by atoms with E-state index in [1.54, 1.807) is 17.2 Å². The van der Waals surface area contributed by atoms with Gasteiger partial charge >= 0.3 is 5.97 Å². The van der Waals surface area contributed by atoms with Gasteiger partial charge in [-0.3, -0.25) is 9.59 Å². The second-order valence-electron chi connectivity index (χ2n) is 6.96. The van der Waals surface area contributed by atoms with Crippen LogP contribution in [0.15, 0.2) is 36.5 Å². The van der Waals surface area contributed by atoms with Crippen LogP contribution in [0.3, 0.4) is 0 Å². The Hall–Kier alpha value is -2.76. The largest absolute Gasteiger partial charge is 0.493 e. The number of nitrogens with zero attached hydrogens (tertiary/aromatic N) is 1. The quantitative estimate of drug-likeness (QED) is 0.877. The summed E-state index contributed by atoms with van der Waals surface area (Å²) in [6.45, 7) is 2.74. The Morgan fingerprint density at radius 1 is 1.32 bits per heavy atom. The van der Waals surface area contributed by atoms with E-state index in [4.69, 9.17) is 4.74 Å². The van der Waals surface area contributed by atoms with Crippen molar-refractivity contribution >= 4 is 11.9 Å². The van der Waals surface area contributed by atoms with Crippen LogP contribution < -0.4 is 4.74 Å². The highest BCUT2D eigenvalue weighted by atomic mass is 16.5. The summed E-state index contributed by atoms with van der Waals surface area (Å²) in [6.07, 6.45) is 2.10. The van der Waals surface area contributed by atoms with Crippen molar-refractivity contribution in [2.24, 2.45) is 11.3 Å². The van der Waals surface area contributed by atoms with Crippen LogP contribution in [0.2, 0.25) is 0 Å². The van der Waals surface area contributed by atoms with Gasteiger partial charge in [-0.2, -0.15) is 0 Å². The molecule has 1 aromatic heterocycles. The lowest BCUT2D eigenvalue weighted by Crippen LogP contribution is -2.42. The Morgan fingerprint density at radius 2 is 2.12 bits per heavy atom. The van der Waals surface area contributed by atoms with Gasteiger partial charge in [0, 0.05) is 30.9 Å². The van der Waals surface area contributed by atoms with Gasteiger partial charge in [0.25, 0.3) is 5.91 Å². The maximum atomic E-state index is 12.8. The molecule has 25 heavy (non-hydrogen) atoms. The van der Waals surface area contributed by atoms with E-state index in [1.807, 2.05) is 31.2 Å². The number of benzene rings is 1. The summed E-state index contributed by atoms with van der Waals surface area (Å²) >= 11 is 0. The van der Waals surface area contributed by atoms with E-state index in [9.17, 15) is 14.7 Å². The number of aromatic amines is 1. The average molecular weight is 340 g/mol. The van der Waals surface area contributed by atoms with E-state index in [0.29, 0.717) is 25.1 Å². The topological polar surface area (TPSA) is 82.6 Å². The number of hydrogen-bond donors (Lipinski definition) is 2. The zero-order valence-electron chi connectivity index (χ0n) is 14.0. The molecule has 0 unspecified atom stereocenters. The van der Waals surface area contributed by atoms with Gasteiger partial charge in [-0.25, -0.2) is 0 Å². The van der Waals surface area contributed by atoms with Gasteiger partial charge in [0.2, 0.25) is 0 Å². The highest BCUT2D eigenvalue weighted by Crippen LogP contribution is 2.44. The van der Waals surface area contributed by atoms with Gasteiger partial charge in [-0.1, -0.05) is 18.2 Å². The van der Waals surface area contributed by atoms with Gasteiger partial charge < -0.3 is 19.7 Å². The predicted octanol–water partition coefficient (Wildman–Crippen LogP) is 2.10. The van der Waals surface area contributed by atoms with E-state index in [-0.39, 0.29) is 18.4 Å². The van der Waals surface area contributed by atoms with Crippen molar-refractivity contribution in [1.29, 1.82) is 0 Å². The first-order valence-electron chi connectivity index (χ1n) is 8.38. The fourth-order valence-electron chi connectivity index (χ4n) is 4.04. The lowest BCUT2D eigenvalue weighted by molar-refractivity contribution is -0.150. The SMILES string of the molecule is Cc1[nH]ccc1C(=O)N1C[C@H]2COc3ccccc3C[C@@]2(C(=O)O)C1. The molecule has 2 aliphatic rings. The minimum atomic E-state index is -1.01. The summed E-state index contributed by atoms with van der Waals surface area (Å²) in [5.74, 6) is -0.475. The number of aryl methyl sites for hydroxylation is 1. The van der Waals surface area contributed by atoms with Crippen molar-refractivity contribution in [3.63, 3.8) is 0 Å². The van der Waals surface area contributed by atoms with Crippen LogP contribution in [0.1, 0.15) is 21.6 Å². The normalized spacial score (nSPS) is 24.8. The first kappa shape index (κ1) is 15.7. The lowest BCUT2D eigenvalue weighted by atomic mass is 9.74. The number of nitrogens with one attached hydrogen (secondary N) is 1. The number of carbonyl (C=O) groups is 2. The van der Waals surface area contributed by atoms with E-state index < -0.39 is 11.4 Å². The van der Waals surface area contributed by atoms with Crippen LogP contribution >= 0.6 is 0 Å². The maximum absolute atomic E-state index is 12.8. The molecule has 4 rings (SSSR count). The van der Waals surface area contributed by atoms with E-state index in [2.05, 4.69) is 4.98 Å². The number of carboxylic acid groups (broad SMARTS) is 1. The Bertz CT molecular complexity index is 843. The number of ether oxygens (including phenoxy) is 1. The molecule has 1 aromatic carbocycles. The zero-order chi connectivity index (χ0) is 17.6. The van der Waals surface area contributed by atoms with Crippen LogP contribution in [0.4, 0.5) is 0 Å². The van der Waals surface area contributed by atoms with Gasteiger partial charge in [-0.05, 0) is 31.0 Å². The first-order chi connectivity index (χ1) is 12.0. The van der Waals surface area contributed by atoms with Crippen LogP contribution in [-0.2, 0) is 11.2 Å². The molecule has 1 saturated heterocycles. The van der Waals surface area contributed by atoms with Crippen molar-refractivity contribution in [2.75, 3.05) is 19.7 Å². The number of amides is 1. The molecule has 0 aliphatic carbocycles. The predicted molar refractivity (Wildman–Crippen MR) is 90.6 cm³/mol. The molecule has 2 aliphatic heterocycles. The molecular formula is C19H20N2O4. The van der Waals surface area contributed by atoms with E-state index in [0.717, 1.165) is 17.0 Å². The number of para-hydroxylation sites is 1. The van der Waals surface area contributed by atoms with Crippen molar-refractivity contribution in [2.45, 2.75) is 13.3 Å². The van der Waals surface area contributed by atoms with Crippen LogP contribution in [0, 0.1) is 18.3 Å². The lowest BCUT2D eigenvalue weighted by Gasteiger charge is -2.27. The van der Waals surface area contributed by atoms with Crippen molar-refractivity contribution in [1.82, 2.24) is 9.88 Å². The Morgan fingerprint density at radius 3 is 2.84 bits per heavy atom. The summed E-state index contributed by atoms with van der Waals surface area (Å²) < 4.78 is 5.87. The molecule has 6 nitrogen and oxygen atoms in total. The number of fused-ring (bicyclic) bond motifs is 2. The zero-order valence-corrected chi connectivity index (χ0v) is 14.0. The van der Waals surface area contributed by atoms with Crippen molar-refractivity contribution in [3.8, 4) is 5.75 Å². The molecule has 130 valence electrons. The fourth-order valence-corrected chi connectivity index (χ4v) is 4.04. The van der Waals surface area contributed by atoms with Crippen molar-refractivity contribution in [3.05, 3.63) is 53.3 Å². The smallest absolute Gasteiger partial charge is 0.312 e. The van der Waals surface area contributed by atoms with Gasteiger partial charge in [0.15, 0.2) is 0 Å². The van der Waals surface area contributed by atoms with Crippen molar-refractivity contribution < 1.29 is 19.4 Å².